The van der Waals surface area contributed by atoms with E-state index in [4.69, 9.17) is 5.11 Å². The zero-order chi connectivity index (χ0) is 16.0. The van der Waals surface area contributed by atoms with Crippen molar-refractivity contribution in [2.24, 2.45) is 11.8 Å². The summed E-state index contributed by atoms with van der Waals surface area (Å²) in [5, 5.41) is 14.0. The number of nitrogens with one attached hydrogen (secondary N) is 2. The Morgan fingerprint density at radius 2 is 2.09 bits per heavy atom. The largest absolute Gasteiger partial charge is 0.465 e. The first-order chi connectivity index (χ1) is 11.1. The lowest BCUT2D eigenvalue weighted by Crippen LogP contribution is -2.69. The van der Waals surface area contributed by atoms with Crippen LogP contribution in [0.2, 0.25) is 0 Å². The van der Waals surface area contributed by atoms with E-state index in [0.717, 1.165) is 11.8 Å². The molecule has 0 aromatic heterocycles. The van der Waals surface area contributed by atoms with Gasteiger partial charge in [-0.2, -0.15) is 0 Å². The number of carbonyl (C=O) groups is 2. The molecule has 2 saturated carbocycles. The number of carboxylic acid groups (broad SMARTS) is 1. The zero-order valence-corrected chi connectivity index (χ0v) is 13.0. The van der Waals surface area contributed by atoms with Crippen molar-refractivity contribution in [3.8, 4) is 0 Å². The lowest BCUT2D eigenvalue weighted by Gasteiger charge is -2.37. The maximum atomic E-state index is 11.6. The first-order valence-corrected chi connectivity index (χ1v) is 8.49. The lowest BCUT2D eigenvalue weighted by atomic mass is 9.79. The molecule has 23 heavy (non-hydrogen) atoms. The van der Waals surface area contributed by atoms with E-state index in [-0.39, 0.29) is 11.9 Å². The Kier molecular flexibility index (Phi) is 3.51. The monoisotopic (exact) mass is 314 g/mol. The molecule has 122 valence electrons. The van der Waals surface area contributed by atoms with Crippen molar-refractivity contribution in [3.63, 3.8) is 0 Å². The summed E-state index contributed by atoms with van der Waals surface area (Å²) in [4.78, 5) is 22.4. The van der Waals surface area contributed by atoms with Crippen LogP contribution in [-0.2, 0) is 11.2 Å². The number of β-lactam (4-membered cyclic amide) rings is 1. The maximum absolute atomic E-state index is 11.6. The molecule has 2 amide bonds. The molecule has 0 radical (unpaired) electrons. The van der Waals surface area contributed by atoms with Crippen LogP contribution in [0.3, 0.4) is 0 Å². The van der Waals surface area contributed by atoms with Crippen LogP contribution >= 0.6 is 0 Å². The van der Waals surface area contributed by atoms with Crippen molar-refractivity contribution in [1.82, 2.24) is 10.6 Å². The Morgan fingerprint density at radius 1 is 1.26 bits per heavy atom. The number of fused-ring (bicyclic) bond motifs is 2. The second-order valence-corrected chi connectivity index (χ2v) is 7.23. The van der Waals surface area contributed by atoms with E-state index < -0.39 is 12.1 Å². The summed E-state index contributed by atoms with van der Waals surface area (Å²) in [6, 6.07) is 7.72. The smallest absolute Gasteiger partial charge is 0.405 e. The van der Waals surface area contributed by atoms with Gasteiger partial charge in [-0.25, -0.2) is 4.79 Å². The van der Waals surface area contributed by atoms with E-state index in [2.05, 4.69) is 28.8 Å². The molecule has 2 bridgehead atoms. The highest BCUT2D eigenvalue weighted by atomic mass is 16.4. The van der Waals surface area contributed by atoms with Gasteiger partial charge in [0.25, 0.3) is 0 Å². The van der Waals surface area contributed by atoms with Crippen molar-refractivity contribution < 1.29 is 14.7 Å². The third-order valence-corrected chi connectivity index (χ3v) is 5.92. The first-order valence-electron chi connectivity index (χ1n) is 8.49. The Hall–Kier alpha value is -2.04. The first kappa shape index (κ1) is 14.5. The van der Waals surface area contributed by atoms with E-state index in [1.165, 1.54) is 36.8 Å². The summed E-state index contributed by atoms with van der Waals surface area (Å²) in [5.74, 6) is 2.12. The van der Waals surface area contributed by atoms with Gasteiger partial charge in [0.15, 0.2) is 0 Å². The van der Waals surface area contributed by atoms with Gasteiger partial charge in [0.05, 0.1) is 6.04 Å². The van der Waals surface area contributed by atoms with Crippen LogP contribution in [0.5, 0.6) is 0 Å². The fourth-order valence-electron chi connectivity index (χ4n) is 4.85. The Labute approximate surface area is 135 Å². The Morgan fingerprint density at radius 3 is 2.74 bits per heavy atom. The molecular weight excluding hydrogens is 292 g/mol. The predicted octanol–water partition coefficient (Wildman–Crippen LogP) is 2.27. The van der Waals surface area contributed by atoms with E-state index in [1.807, 2.05) is 6.07 Å². The normalized spacial score (nSPS) is 34.8. The summed E-state index contributed by atoms with van der Waals surface area (Å²) in [5.41, 5.74) is 2.67. The molecule has 3 fully saturated rings. The minimum atomic E-state index is -1.14. The molecule has 0 spiro atoms. The molecule has 1 aromatic carbocycles. The van der Waals surface area contributed by atoms with Gasteiger partial charge in [0, 0.05) is 0 Å². The standard InChI is InChI=1S/C18H22N2O3/c21-17-16(20-18(22)23)15(19-17)9-11-3-1-2-4-13(11)14-8-10-5-6-12(14)7-10/h1-4,10,12,14-16,20H,5-9H2,(H,19,21)(H,22,23)/t10?,12-,14-,15+,16+/m1/s1. The van der Waals surface area contributed by atoms with Crippen LogP contribution in [0.4, 0.5) is 4.79 Å². The van der Waals surface area contributed by atoms with Crippen LogP contribution in [0.15, 0.2) is 24.3 Å². The number of benzene rings is 1. The van der Waals surface area contributed by atoms with Gasteiger partial charge in [-0.1, -0.05) is 30.7 Å². The summed E-state index contributed by atoms with van der Waals surface area (Å²) < 4.78 is 0. The minimum Gasteiger partial charge on any atom is -0.465 e. The van der Waals surface area contributed by atoms with Crippen LogP contribution in [0, 0.1) is 11.8 Å². The van der Waals surface area contributed by atoms with Gasteiger partial charge in [-0.15, -0.1) is 0 Å². The van der Waals surface area contributed by atoms with Gasteiger partial charge < -0.3 is 15.7 Å². The van der Waals surface area contributed by atoms with Crippen molar-refractivity contribution in [2.45, 2.75) is 50.1 Å². The number of carbonyl (C=O) groups excluding carboxylic acids is 1. The lowest BCUT2D eigenvalue weighted by molar-refractivity contribution is -0.131. The summed E-state index contributed by atoms with van der Waals surface area (Å²) in [6.45, 7) is 0. The third-order valence-electron chi connectivity index (χ3n) is 5.92. The number of hydrogen-bond acceptors (Lipinski definition) is 2. The summed E-state index contributed by atoms with van der Waals surface area (Å²) in [7, 11) is 0. The molecule has 5 atom stereocenters. The minimum absolute atomic E-state index is 0.140. The number of amides is 2. The van der Waals surface area contributed by atoms with E-state index in [1.54, 1.807) is 0 Å². The van der Waals surface area contributed by atoms with Crippen LogP contribution in [-0.4, -0.2) is 29.2 Å². The molecular formula is C18H22N2O3. The van der Waals surface area contributed by atoms with Crippen molar-refractivity contribution in [3.05, 3.63) is 35.4 Å². The second-order valence-electron chi connectivity index (χ2n) is 7.23. The van der Waals surface area contributed by atoms with Crippen LogP contribution in [0.25, 0.3) is 0 Å². The van der Waals surface area contributed by atoms with E-state index in [0.29, 0.717) is 12.3 Å². The fourth-order valence-corrected chi connectivity index (χ4v) is 4.85. The highest BCUT2D eigenvalue weighted by Crippen LogP contribution is 2.53. The SMILES string of the molecule is O=C(O)N[C@@H]1C(=O)N[C@H]1Cc1ccccc1[C@@H]1CC2CC[C@@H]1C2. The average Bonchev–Trinajstić information content (AvgIpc) is 3.16. The van der Waals surface area contributed by atoms with Gasteiger partial charge in [-0.05, 0) is 54.6 Å². The van der Waals surface area contributed by atoms with E-state index >= 15 is 0 Å². The van der Waals surface area contributed by atoms with Crippen LogP contribution in [0.1, 0.15) is 42.7 Å². The molecule has 1 unspecified atom stereocenters. The zero-order valence-electron chi connectivity index (χ0n) is 13.0. The van der Waals surface area contributed by atoms with Gasteiger partial charge in [0.2, 0.25) is 5.91 Å². The quantitative estimate of drug-likeness (QED) is 0.746. The second kappa shape index (κ2) is 5.55. The topological polar surface area (TPSA) is 78.4 Å². The van der Waals surface area contributed by atoms with Gasteiger partial charge in [-0.3, -0.25) is 4.79 Å². The molecule has 2 aliphatic carbocycles. The average molecular weight is 314 g/mol. The molecule has 3 aliphatic rings. The molecule has 1 heterocycles. The Bertz CT molecular complexity index is 645. The predicted molar refractivity (Wildman–Crippen MR) is 85.2 cm³/mol. The number of hydrogen-bond donors (Lipinski definition) is 3. The van der Waals surface area contributed by atoms with E-state index in [9.17, 15) is 9.59 Å². The summed E-state index contributed by atoms with van der Waals surface area (Å²) in [6.07, 6.45) is 4.93. The maximum Gasteiger partial charge on any atom is 0.405 e. The van der Waals surface area contributed by atoms with Crippen molar-refractivity contribution in [1.29, 1.82) is 0 Å². The third kappa shape index (κ3) is 2.58. The molecule has 3 N–H and O–H groups in total. The summed E-state index contributed by atoms with van der Waals surface area (Å²) >= 11 is 0. The Balaban J connectivity index is 1.51. The molecule has 5 nitrogen and oxygen atoms in total. The number of rotatable bonds is 4. The van der Waals surface area contributed by atoms with Gasteiger partial charge >= 0.3 is 6.09 Å². The molecule has 1 saturated heterocycles. The van der Waals surface area contributed by atoms with Crippen molar-refractivity contribution >= 4 is 12.0 Å². The molecule has 5 heteroatoms. The van der Waals surface area contributed by atoms with Gasteiger partial charge in [0.1, 0.15) is 6.04 Å². The van der Waals surface area contributed by atoms with Crippen LogP contribution < -0.4 is 10.6 Å². The highest BCUT2D eigenvalue weighted by Gasteiger charge is 2.43. The molecule has 4 rings (SSSR count). The van der Waals surface area contributed by atoms with Crippen molar-refractivity contribution in [2.75, 3.05) is 0 Å². The molecule has 1 aliphatic heterocycles. The highest BCUT2D eigenvalue weighted by molar-refractivity contribution is 5.92. The fraction of sp³-hybridized carbons (Fsp3) is 0.556. The molecule has 1 aromatic rings.